The number of halogens is 1. The highest BCUT2D eigenvalue weighted by atomic mass is 35.5. The summed E-state index contributed by atoms with van der Waals surface area (Å²) in [5, 5.41) is 0.834. The summed E-state index contributed by atoms with van der Waals surface area (Å²) in [5.74, 6) is 0. The minimum atomic E-state index is 0.372. The molecule has 0 aromatic heterocycles. The molecule has 0 spiro atoms. The van der Waals surface area contributed by atoms with E-state index in [4.69, 9.17) is 17.3 Å². The quantitative estimate of drug-likeness (QED) is 0.891. The maximum Gasteiger partial charge on any atom is 0.0539 e. The number of nitrogens with zero attached hydrogens (tertiary/aromatic N) is 2. The van der Waals surface area contributed by atoms with Crippen LogP contribution in [0.2, 0.25) is 5.02 Å². The Balaban J connectivity index is 2.25. The van der Waals surface area contributed by atoms with Gasteiger partial charge in [-0.15, -0.1) is 0 Å². The Morgan fingerprint density at radius 2 is 2.17 bits per heavy atom. The second-order valence-electron chi connectivity index (χ2n) is 5.13. The van der Waals surface area contributed by atoms with Gasteiger partial charge in [-0.1, -0.05) is 17.7 Å². The normalized spacial score (nSPS) is 22.0. The van der Waals surface area contributed by atoms with E-state index in [2.05, 4.69) is 35.0 Å². The maximum absolute atomic E-state index is 6.23. The largest absolute Gasteiger partial charge is 0.366 e. The van der Waals surface area contributed by atoms with Crippen LogP contribution in [-0.4, -0.2) is 44.2 Å². The highest BCUT2D eigenvalue weighted by Gasteiger charge is 2.22. The summed E-state index contributed by atoms with van der Waals surface area (Å²) in [6, 6.07) is 6.66. The topological polar surface area (TPSA) is 32.5 Å². The van der Waals surface area contributed by atoms with Gasteiger partial charge in [-0.05, 0) is 44.6 Å². The average Bonchev–Trinajstić information content (AvgIpc) is 2.54. The third kappa shape index (κ3) is 2.97. The fourth-order valence-corrected chi connectivity index (χ4v) is 2.72. The lowest BCUT2D eigenvalue weighted by atomic mass is 10.1. The van der Waals surface area contributed by atoms with Crippen LogP contribution < -0.4 is 10.6 Å². The van der Waals surface area contributed by atoms with Gasteiger partial charge in [-0.3, -0.25) is 0 Å². The molecule has 18 heavy (non-hydrogen) atoms. The Bertz CT molecular complexity index is 408. The first-order chi connectivity index (χ1) is 8.61. The predicted octanol–water partition coefficient (Wildman–Crippen LogP) is 2.12. The third-order valence-corrected chi connectivity index (χ3v) is 4.07. The van der Waals surface area contributed by atoms with E-state index in [-0.39, 0.29) is 0 Å². The van der Waals surface area contributed by atoms with Crippen LogP contribution in [0.1, 0.15) is 12.0 Å². The van der Waals surface area contributed by atoms with Crippen LogP contribution in [0.15, 0.2) is 18.2 Å². The molecule has 4 heteroatoms. The van der Waals surface area contributed by atoms with Gasteiger partial charge < -0.3 is 15.5 Å². The SMILES string of the molecule is Cc1ccc(N2CCCN(C)CC2CN)cc1Cl. The zero-order valence-electron chi connectivity index (χ0n) is 11.2. The predicted molar refractivity (Wildman–Crippen MR) is 78.5 cm³/mol. The van der Waals surface area contributed by atoms with Crippen molar-refractivity contribution in [3.05, 3.63) is 28.8 Å². The number of nitrogens with two attached hydrogens (primary N) is 1. The lowest BCUT2D eigenvalue weighted by Crippen LogP contribution is -2.45. The molecule has 0 saturated carbocycles. The lowest BCUT2D eigenvalue weighted by Gasteiger charge is -2.32. The second kappa shape index (κ2) is 5.91. The Morgan fingerprint density at radius 3 is 2.83 bits per heavy atom. The molecule has 1 aromatic rings. The first-order valence-corrected chi connectivity index (χ1v) is 6.91. The number of hydrogen-bond donors (Lipinski definition) is 1. The van der Waals surface area contributed by atoms with Crippen molar-refractivity contribution in [3.8, 4) is 0 Å². The van der Waals surface area contributed by atoms with E-state index >= 15 is 0 Å². The van der Waals surface area contributed by atoms with Crippen LogP contribution >= 0.6 is 11.6 Å². The summed E-state index contributed by atoms with van der Waals surface area (Å²) in [4.78, 5) is 4.75. The standard InChI is InChI=1S/C14H22ClN3/c1-11-4-5-12(8-14(11)15)18-7-3-6-17(2)10-13(18)9-16/h4-5,8,13H,3,6-7,9-10,16H2,1-2H3. The van der Waals surface area contributed by atoms with Gasteiger partial charge in [0.05, 0.1) is 6.04 Å². The zero-order chi connectivity index (χ0) is 13.1. The number of likely N-dealkylation sites (N-methyl/N-ethyl adjacent to an activating group) is 1. The van der Waals surface area contributed by atoms with Crippen molar-refractivity contribution in [2.24, 2.45) is 5.73 Å². The Morgan fingerprint density at radius 1 is 1.39 bits per heavy atom. The van der Waals surface area contributed by atoms with Crippen molar-refractivity contribution in [1.82, 2.24) is 4.90 Å². The van der Waals surface area contributed by atoms with Crippen LogP contribution in [0.25, 0.3) is 0 Å². The number of rotatable bonds is 2. The van der Waals surface area contributed by atoms with E-state index in [1.165, 1.54) is 12.1 Å². The monoisotopic (exact) mass is 267 g/mol. The minimum absolute atomic E-state index is 0.372. The van der Waals surface area contributed by atoms with Crippen LogP contribution in [0, 0.1) is 6.92 Å². The van der Waals surface area contributed by atoms with Crippen molar-refractivity contribution in [3.63, 3.8) is 0 Å². The van der Waals surface area contributed by atoms with E-state index in [0.717, 1.165) is 30.2 Å². The smallest absolute Gasteiger partial charge is 0.0539 e. The van der Waals surface area contributed by atoms with E-state index in [9.17, 15) is 0 Å². The van der Waals surface area contributed by atoms with Crippen molar-refractivity contribution in [2.45, 2.75) is 19.4 Å². The van der Waals surface area contributed by atoms with Crippen LogP contribution in [0.4, 0.5) is 5.69 Å². The average molecular weight is 268 g/mol. The summed E-state index contributed by atoms with van der Waals surface area (Å²) < 4.78 is 0. The molecule has 1 unspecified atom stereocenters. The Hall–Kier alpha value is -0.770. The number of aryl methyl sites for hydroxylation is 1. The maximum atomic E-state index is 6.23. The highest BCUT2D eigenvalue weighted by molar-refractivity contribution is 6.31. The lowest BCUT2D eigenvalue weighted by molar-refractivity contribution is 0.332. The molecule has 1 saturated heterocycles. The van der Waals surface area contributed by atoms with Crippen LogP contribution in [0.3, 0.4) is 0 Å². The highest BCUT2D eigenvalue weighted by Crippen LogP contribution is 2.25. The molecule has 1 heterocycles. The molecule has 3 nitrogen and oxygen atoms in total. The molecule has 1 atom stereocenters. The summed E-state index contributed by atoms with van der Waals surface area (Å²) in [6.07, 6.45) is 1.17. The molecule has 100 valence electrons. The molecule has 0 radical (unpaired) electrons. The van der Waals surface area contributed by atoms with Crippen molar-refractivity contribution in [1.29, 1.82) is 0 Å². The molecular weight excluding hydrogens is 246 g/mol. The summed E-state index contributed by atoms with van der Waals surface area (Å²) >= 11 is 6.23. The Labute approximate surface area is 115 Å². The van der Waals surface area contributed by atoms with E-state index < -0.39 is 0 Å². The molecule has 2 rings (SSSR count). The van der Waals surface area contributed by atoms with Gasteiger partial charge in [0.2, 0.25) is 0 Å². The Kier molecular flexibility index (Phi) is 4.49. The number of anilines is 1. The molecule has 1 fully saturated rings. The van der Waals surface area contributed by atoms with E-state index in [1.807, 2.05) is 6.92 Å². The third-order valence-electron chi connectivity index (χ3n) is 3.66. The molecule has 1 aliphatic heterocycles. The molecule has 0 amide bonds. The van der Waals surface area contributed by atoms with E-state index in [0.29, 0.717) is 12.6 Å². The van der Waals surface area contributed by atoms with Crippen molar-refractivity contribution in [2.75, 3.05) is 38.1 Å². The van der Waals surface area contributed by atoms with Gasteiger partial charge in [-0.25, -0.2) is 0 Å². The number of benzene rings is 1. The van der Waals surface area contributed by atoms with Crippen LogP contribution in [-0.2, 0) is 0 Å². The zero-order valence-corrected chi connectivity index (χ0v) is 12.0. The van der Waals surface area contributed by atoms with Gasteiger partial charge in [0.1, 0.15) is 0 Å². The van der Waals surface area contributed by atoms with E-state index in [1.54, 1.807) is 0 Å². The molecular formula is C14H22ClN3. The first kappa shape index (κ1) is 13.7. The van der Waals surface area contributed by atoms with Crippen molar-refractivity contribution >= 4 is 17.3 Å². The first-order valence-electron chi connectivity index (χ1n) is 6.53. The minimum Gasteiger partial charge on any atom is -0.366 e. The molecule has 1 aliphatic rings. The number of hydrogen-bond acceptors (Lipinski definition) is 3. The molecule has 2 N–H and O–H groups in total. The second-order valence-corrected chi connectivity index (χ2v) is 5.54. The molecule has 1 aromatic carbocycles. The fraction of sp³-hybridized carbons (Fsp3) is 0.571. The van der Waals surface area contributed by atoms with Crippen LogP contribution in [0.5, 0.6) is 0 Å². The molecule has 0 bridgehead atoms. The van der Waals surface area contributed by atoms with Crippen molar-refractivity contribution < 1.29 is 0 Å². The van der Waals surface area contributed by atoms with Gasteiger partial charge in [0, 0.05) is 30.3 Å². The summed E-state index contributed by atoms with van der Waals surface area (Å²) in [7, 11) is 2.16. The van der Waals surface area contributed by atoms with Gasteiger partial charge in [0.15, 0.2) is 0 Å². The molecule has 0 aliphatic carbocycles. The summed E-state index contributed by atoms with van der Waals surface area (Å²) in [5.41, 5.74) is 8.24. The van der Waals surface area contributed by atoms with Gasteiger partial charge in [-0.2, -0.15) is 0 Å². The summed E-state index contributed by atoms with van der Waals surface area (Å²) in [6.45, 7) is 5.90. The van der Waals surface area contributed by atoms with Gasteiger partial charge >= 0.3 is 0 Å². The van der Waals surface area contributed by atoms with Gasteiger partial charge in [0.25, 0.3) is 0 Å². The fourth-order valence-electron chi connectivity index (χ4n) is 2.55.